The van der Waals surface area contributed by atoms with E-state index in [1.54, 1.807) is 25.1 Å². The molecular weight excluding hydrogens is 544 g/mol. The van der Waals surface area contributed by atoms with Crippen LogP contribution in [0.1, 0.15) is 32.8 Å². The predicted octanol–water partition coefficient (Wildman–Crippen LogP) is 4.41. The van der Waals surface area contributed by atoms with E-state index in [-0.39, 0.29) is 34.6 Å². The molecule has 0 radical (unpaired) electrons. The van der Waals surface area contributed by atoms with Gasteiger partial charge in [0.1, 0.15) is 12.6 Å². The molecule has 3 rings (SSSR count). The maximum absolute atomic E-state index is 14.0. The molecule has 0 aliphatic rings. The van der Waals surface area contributed by atoms with E-state index in [4.69, 9.17) is 0 Å². The number of sulfonamides is 1. The number of anilines is 1. The Hall–Kier alpha value is -4.25. The number of nitrogens with one attached hydrogen (secondary N) is 1. The number of hydrogen-bond donors (Lipinski definition) is 1. The van der Waals surface area contributed by atoms with Gasteiger partial charge in [0, 0.05) is 25.2 Å². The molecule has 0 unspecified atom stereocenters. The molecule has 0 aliphatic heterocycles. The minimum Gasteiger partial charge on any atom is -0.354 e. The molecule has 1 N–H and O–H groups in total. The van der Waals surface area contributed by atoms with Crippen molar-refractivity contribution in [1.29, 1.82) is 0 Å². The third-order valence-electron chi connectivity index (χ3n) is 6.51. The molecule has 0 aliphatic carbocycles. The highest BCUT2D eigenvalue weighted by Crippen LogP contribution is 2.26. The summed E-state index contributed by atoms with van der Waals surface area (Å²) in [6.45, 7) is 5.77. The first-order valence-corrected chi connectivity index (χ1v) is 14.9. The minimum absolute atomic E-state index is 0.0382. The number of carbonyl (C=O) groups is 2. The first-order valence-electron chi connectivity index (χ1n) is 13.5. The van der Waals surface area contributed by atoms with Crippen LogP contribution in [0.2, 0.25) is 0 Å². The molecule has 0 fully saturated rings. The third kappa shape index (κ3) is 8.37. The van der Waals surface area contributed by atoms with Crippen molar-refractivity contribution in [2.24, 2.45) is 5.92 Å². The van der Waals surface area contributed by atoms with E-state index in [0.717, 1.165) is 9.87 Å². The lowest BCUT2D eigenvalue weighted by molar-refractivity contribution is -0.384. The van der Waals surface area contributed by atoms with Crippen LogP contribution >= 0.6 is 0 Å². The van der Waals surface area contributed by atoms with Crippen LogP contribution in [0, 0.1) is 16.0 Å². The molecule has 0 bridgehead atoms. The zero-order valence-corrected chi connectivity index (χ0v) is 24.3. The van der Waals surface area contributed by atoms with Crippen molar-refractivity contribution in [2.45, 2.75) is 44.6 Å². The number of hydrogen-bond acceptors (Lipinski definition) is 6. The molecule has 10 nitrogen and oxygen atoms in total. The average molecular weight is 581 g/mol. The molecule has 3 aromatic rings. The molecule has 3 aromatic carbocycles. The Bertz CT molecular complexity index is 1410. The molecule has 0 aromatic heterocycles. The molecule has 11 heteroatoms. The van der Waals surface area contributed by atoms with Gasteiger partial charge in [0.2, 0.25) is 11.8 Å². The van der Waals surface area contributed by atoms with Gasteiger partial charge < -0.3 is 10.2 Å². The summed E-state index contributed by atoms with van der Waals surface area (Å²) in [5.74, 6) is -0.667. The highest BCUT2D eigenvalue weighted by atomic mass is 32.2. The van der Waals surface area contributed by atoms with Gasteiger partial charge in [-0.15, -0.1) is 0 Å². The Balaban J connectivity index is 2.00. The van der Waals surface area contributed by atoms with Crippen LogP contribution in [-0.2, 0) is 26.0 Å². The van der Waals surface area contributed by atoms with Crippen LogP contribution in [0.25, 0.3) is 0 Å². The van der Waals surface area contributed by atoms with Crippen molar-refractivity contribution < 1.29 is 22.9 Å². The first-order chi connectivity index (χ1) is 19.5. The second-order valence-corrected chi connectivity index (χ2v) is 11.8. The van der Waals surface area contributed by atoms with E-state index in [1.807, 2.05) is 44.2 Å². The average Bonchev–Trinajstić information content (AvgIpc) is 2.97. The normalized spacial score (nSPS) is 12.0. The van der Waals surface area contributed by atoms with Crippen LogP contribution in [0.3, 0.4) is 0 Å². The van der Waals surface area contributed by atoms with E-state index in [1.165, 1.54) is 41.3 Å². The van der Waals surface area contributed by atoms with Gasteiger partial charge in [-0.3, -0.25) is 24.0 Å². The summed E-state index contributed by atoms with van der Waals surface area (Å²) in [7, 11) is -4.24. The van der Waals surface area contributed by atoms with E-state index < -0.39 is 33.4 Å². The topological polar surface area (TPSA) is 130 Å². The standard InChI is InChI=1S/C30H36N4O6S/c1-4-28(30(36)31-21-23(2)3)32(20-19-24-11-7-5-8-12-24)29(35)22-33(25-15-17-26(18-16-25)34(37)38)41(39,40)27-13-9-6-10-14-27/h5-18,23,28H,4,19-22H2,1-3H3,(H,31,36)/t28-/m1/s1. The van der Waals surface area contributed by atoms with Gasteiger partial charge in [0.15, 0.2) is 0 Å². The van der Waals surface area contributed by atoms with Crippen LogP contribution in [0.15, 0.2) is 89.8 Å². The number of nitrogens with zero attached hydrogens (tertiary/aromatic N) is 3. The van der Waals surface area contributed by atoms with Crippen molar-refractivity contribution in [2.75, 3.05) is 23.9 Å². The SMILES string of the molecule is CC[C@H](C(=O)NCC(C)C)N(CCc1ccccc1)C(=O)CN(c1ccc([N+](=O)[O-])cc1)S(=O)(=O)c1ccccc1. The Morgan fingerprint density at radius 1 is 0.927 bits per heavy atom. The second kappa shape index (κ2) is 14.4. The maximum atomic E-state index is 14.0. The van der Waals surface area contributed by atoms with Crippen molar-refractivity contribution in [3.05, 3.63) is 101 Å². The summed E-state index contributed by atoms with van der Waals surface area (Å²) in [5, 5.41) is 14.1. The van der Waals surface area contributed by atoms with E-state index in [2.05, 4.69) is 5.32 Å². The Labute approximate surface area is 241 Å². The largest absolute Gasteiger partial charge is 0.354 e. The number of benzene rings is 3. The van der Waals surface area contributed by atoms with Crippen molar-refractivity contribution >= 4 is 33.2 Å². The van der Waals surface area contributed by atoms with Gasteiger partial charge in [0.05, 0.1) is 15.5 Å². The summed E-state index contributed by atoms with van der Waals surface area (Å²) < 4.78 is 28.5. The number of amides is 2. The molecule has 218 valence electrons. The van der Waals surface area contributed by atoms with Crippen LogP contribution in [0.4, 0.5) is 11.4 Å². The highest BCUT2D eigenvalue weighted by Gasteiger charge is 2.33. The molecule has 0 spiro atoms. The number of non-ortho nitro benzene ring substituents is 1. The van der Waals surface area contributed by atoms with E-state index in [9.17, 15) is 28.1 Å². The molecule has 1 atom stereocenters. The van der Waals surface area contributed by atoms with Crippen LogP contribution in [0.5, 0.6) is 0 Å². The van der Waals surface area contributed by atoms with Gasteiger partial charge in [-0.1, -0.05) is 69.3 Å². The fourth-order valence-electron chi connectivity index (χ4n) is 4.31. The smallest absolute Gasteiger partial charge is 0.269 e. The lowest BCUT2D eigenvalue weighted by atomic mass is 10.1. The molecule has 0 heterocycles. The second-order valence-electron chi connectivity index (χ2n) is 9.98. The minimum atomic E-state index is -4.24. The zero-order valence-electron chi connectivity index (χ0n) is 23.5. The van der Waals surface area contributed by atoms with E-state index >= 15 is 0 Å². The fourth-order valence-corrected chi connectivity index (χ4v) is 5.74. The summed E-state index contributed by atoms with van der Waals surface area (Å²) in [6.07, 6.45) is 0.789. The summed E-state index contributed by atoms with van der Waals surface area (Å²) >= 11 is 0. The first kappa shape index (κ1) is 31.3. The zero-order chi connectivity index (χ0) is 30.0. The monoisotopic (exact) mass is 580 g/mol. The summed E-state index contributed by atoms with van der Waals surface area (Å²) in [6, 6.07) is 21.3. The predicted molar refractivity (Wildman–Crippen MR) is 158 cm³/mol. The lowest BCUT2D eigenvalue weighted by Crippen LogP contribution is -2.53. The Morgan fingerprint density at radius 3 is 2.05 bits per heavy atom. The maximum Gasteiger partial charge on any atom is 0.269 e. The molecule has 2 amide bonds. The number of carbonyl (C=O) groups excluding carboxylic acids is 2. The van der Waals surface area contributed by atoms with Gasteiger partial charge in [-0.25, -0.2) is 8.42 Å². The van der Waals surface area contributed by atoms with Crippen LogP contribution in [-0.4, -0.2) is 55.7 Å². The highest BCUT2D eigenvalue weighted by molar-refractivity contribution is 7.92. The van der Waals surface area contributed by atoms with Gasteiger partial charge >= 0.3 is 0 Å². The number of rotatable bonds is 14. The van der Waals surface area contributed by atoms with Gasteiger partial charge in [-0.2, -0.15) is 0 Å². The molecule has 0 saturated carbocycles. The fraction of sp³-hybridized carbons (Fsp3) is 0.333. The van der Waals surface area contributed by atoms with Gasteiger partial charge in [-0.05, 0) is 48.6 Å². The quantitative estimate of drug-likeness (QED) is 0.222. The molecule has 41 heavy (non-hydrogen) atoms. The van der Waals surface area contributed by atoms with Crippen molar-refractivity contribution in [1.82, 2.24) is 10.2 Å². The third-order valence-corrected chi connectivity index (χ3v) is 8.30. The lowest BCUT2D eigenvalue weighted by Gasteiger charge is -2.33. The van der Waals surface area contributed by atoms with Gasteiger partial charge in [0.25, 0.3) is 15.7 Å². The molecular formula is C30H36N4O6S. The van der Waals surface area contributed by atoms with E-state index in [0.29, 0.717) is 19.4 Å². The Kier molecular flexibility index (Phi) is 11.0. The summed E-state index contributed by atoms with van der Waals surface area (Å²) in [5.41, 5.74) is 0.842. The van der Waals surface area contributed by atoms with Crippen LogP contribution < -0.4 is 9.62 Å². The van der Waals surface area contributed by atoms with Crippen molar-refractivity contribution in [3.8, 4) is 0 Å². The molecule has 0 saturated heterocycles. The number of nitro groups is 1. The van der Waals surface area contributed by atoms with Crippen molar-refractivity contribution in [3.63, 3.8) is 0 Å². The summed E-state index contributed by atoms with van der Waals surface area (Å²) in [4.78, 5) is 39.2. The Morgan fingerprint density at radius 2 is 1.51 bits per heavy atom. The number of nitro benzene ring substituents is 1.